The third-order valence-electron chi connectivity index (χ3n) is 3.41. The first-order chi connectivity index (χ1) is 8.75. The van der Waals surface area contributed by atoms with Crippen LogP contribution in [0.4, 0.5) is 0 Å². The van der Waals surface area contributed by atoms with E-state index in [0.29, 0.717) is 13.2 Å². The Hall–Kier alpha value is -0.163. The fraction of sp³-hybridized carbons (Fsp3) is 0.600. The van der Waals surface area contributed by atoms with Crippen molar-refractivity contribution >= 4 is 24.2 Å². The normalized spacial score (nSPS) is 23.3. The Morgan fingerprint density at radius 1 is 1.37 bits per heavy atom. The standard InChI is InChI=1S/C15H23BrO2Si/c1-6-11-7-12(16)8-14-13(11)9-17-10-15(14,2)18-19(3,4)5/h7-8H,6,9-10H2,1-5H3. The summed E-state index contributed by atoms with van der Waals surface area (Å²) in [5, 5.41) is 0. The molecule has 0 aliphatic carbocycles. The molecule has 1 aromatic carbocycles. The highest BCUT2D eigenvalue weighted by Crippen LogP contribution is 2.39. The molecule has 1 aliphatic heterocycles. The van der Waals surface area contributed by atoms with Crippen molar-refractivity contribution in [3.63, 3.8) is 0 Å². The van der Waals surface area contributed by atoms with Crippen molar-refractivity contribution in [2.45, 2.75) is 52.1 Å². The lowest BCUT2D eigenvalue weighted by atomic mass is 9.87. The Bertz CT molecular complexity index is 482. The summed E-state index contributed by atoms with van der Waals surface area (Å²) in [4.78, 5) is 0. The molecule has 1 aliphatic rings. The summed E-state index contributed by atoms with van der Waals surface area (Å²) >= 11 is 3.63. The summed E-state index contributed by atoms with van der Waals surface area (Å²) in [6.45, 7) is 12.4. The van der Waals surface area contributed by atoms with Gasteiger partial charge in [0, 0.05) is 4.47 Å². The first kappa shape index (κ1) is 15.2. The quantitative estimate of drug-likeness (QED) is 0.746. The summed E-state index contributed by atoms with van der Waals surface area (Å²) in [5.74, 6) is 0. The Morgan fingerprint density at radius 2 is 2.05 bits per heavy atom. The fourth-order valence-electron chi connectivity index (χ4n) is 2.84. The second-order valence-electron chi connectivity index (χ2n) is 6.38. The molecule has 106 valence electrons. The van der Waals surface area contributed by atoms with Crippen LogP contribution >= 0.6 is 15.9 Å². The van der Waals surface area contributed by atoms with Crippen LogP contribution < -0.4 is 0 Å². The lowest BCUT2D eigenvalue weighted by Gasteiger charge is -2.41. The first-order valence-electron chi connectivity index (χ1n) is 6.85. The molecule has 0 N–H and O–H groups in total. The highest BCUT2D eigenvalue weighted by Gasteiger charge is 2.38. The largest absolute Gasteiger partial charge is 0.406 e. The van der Waals surface area contributed by atoms with E-state index in [1.165, 1.54) is 16.7 Å². The smallest absolute Gasteiger partial charge is 0.185 e. The molecular weight excluding hydrogens is 320 g/mol. The van der Waals surface area contributed by atoms with Crippen molar-refractivity contribution in [3.8, 4) is 0 Å². The number of aryl methyl sites for hydroxylation is 1. The van der Waals surface area contributed by atoms with Gasteiger partial charge in [-0.2, -0.15) is 0 Å². The highest BCUT2D eigenvalue weighted by molar-refractivity contribution is 9.10. The van der Waals surface area contributed by atoms with E-state index in [2.05, 4.69) is 61.6 Å². The molecule has 0 saturated heterocycles. The molecule has 1 unspecified atom stereocenters. The van der Waals surface area contributed by atoms with Crippen LogP contribution in [0, 0.1) is 0 Å². The minimum Gasteiger partial charge on any atom is -0.406 e. The minimum absolute atomic E-state index is 0.314. The summed E-state index contributed by atoms with van der Waals surface area (Å²) in [5.41, 5.74) is 3.66. The zero-order chi connectivity index (χ0) is 14.3. The molecule has 0 aromatic heterocycles. The molecule has 2 nitrogen and oxygen atoms in total. The lowest BCUT2D eigenvalue weighted by Crippen LogP contribution is -2.44. The molecule has 0 saturated carbocycles. The van der Waals surface area contributed by atoms with Gasteiger partial charge in [0.25, 0.3) is 0 Å². The average molecular weight is 343 g/mol. The van der Waals surface area contributed by atoms with Crippen molar-refractivity contribution in [2.75, 3.05) is 6.61 Å². The van der Waals surface area contributed by atoms with E-state index in [-0.39, 0.29) is 5.60 Å². The van der Waals surface area contributed by atoms with Crippen molar-refractivity contribution in [1.82, 2.24) is 0 Å². The van der Waals surface area contributed by atoms with E-state index in [1.54, 1.807) is 0 Å². The molecule has 1 atom stereocenters. The number of benzene rings is 1. The maximum absolute atomic E-state index is 6.44. The van der Waals surface area contributed by atoms with Gasteiger partial charge in [0.2, 0.25) is 0 Å². The van der Waals surface area contributed by atoms with Gasteiger partial charge in [-0.1, -0.05) is 22.9 Å². The molecule has 0 bridgehead atoms. The average Bonchev–Trinajstić information content (AvgIpc) is 2.27. The number of halogens is 1. The topological polar surface area (TPSA) is 18.5 Å². The van der Waals surface area contributed by atoms with Crippen molar-refractivity contribution in [1.29, 1.82) is 0 Å². The molecule has 0 spiro atoms. The van der Waals surface area contributed by atoms with Crippen molar-refractivity contribution in [2.24, 2.45) is 0 Å². The summed E-state index contributed by atoms with van der Waals surface area (Å²) in [6.07, 6.45) is 1.02. The zero-order valence-corrected chi connectivity index (χ0v) is 15.1. The second kappa shape index (κ2) is 5.32. The summed E-state index contributed by atoms with van der Waals surface area (Å²) < 4.78 is 13.4. The van der Waals surface area contributed by atoms with Gasteiger partial charge in [0.1, 0.15) is 5.60 Å². The van der Waals surface area contributed by atoms with Gasteiger partial charge in [-0.05, 0) is 61.8 Å². The Morgan fingerprint density at radius 3 is 2.63 bits per heavy atom. The van der Waals surface area contributed by atoms with E-state index >= 15 is 0 Å². The molecular formula is C15H23BrO2Si. The second-order valence-corrected chi connectivity index (χ2v) is 11.7. The van der Waals surface area contributed by atoms with Gasteiger partial charge in [-0.15, -0.1) is 0 Å². The van der Waals surface area contributed by atoms with Gasteiger partial charge >= 0.3 is 0 Å². The van der Waals surface area contributed by atoms with E-state index in [0.717, 1.165) is 10.9 Å². The van der Waals surface area contributed by atoms with Gasteiger partial charge in [-0.3, -0.25) is 0 Å². The van der Waals surface area contributed by atoms with Gasteiger partial charge in [0.05, 0.1) is 13.2 Å². The van der Waals surface area contributed by atoms with Crippen LogP contribution in [0.5, 0.6) is 0 Å². The number of ether oxygens (including phenoxy) is 1. The van der Waals surface area contributed by atoms with Crippen LogP contribution in [-0.4, -0.2) is 14.9 Å². The molecule has 0 fully saturated rings. The molecule has 4 heteroatoms. The summed E-state index contributed by atoms with van der Waals surface area (Å²) in [6, 6.07) is 4.40. The van der Waals surface area contributed by atoms with Crippen LogP contribution in [0.3, 0.4) is 0 Å². The summed E-state index contributed by atoms with van der Waals surface area (Å²) in [7, 11) is -1.63. The molecule has 0 radical (unpaired) electrons. The number of rotatable bonds is 3. The number of hydrogen-bond donors (Lipinski definition) is 0. The van der Waals surface area contributed by atoms with E-state index in [4.69, 9.17) is 9.16 Å². The third kappa shape index (κ3) is 3.30. The SMILES string of the molecule is CCc1cc(Br)cc2c1COCC2(C)O[Si](C)(C)C. The lowest BCUT2D eigenvalue weighted by molar-refractivity contribution is -0.0482. The Balaban J connectivity index is 2.52. The van der Waals surface area contributed by atoms with Crippen molar-refractivity contribution < 1.29 is 9.16 Å². The zero-order valence-electron chi connectivity index (χ0n) is 12.5. The highest BCUT2D eigenvalue weighted by atomic mass is 79.9. The van der Waals surface area contributed by atoms with Gasteiger partial charge in [-0.25, -0.2) is 0 Å². The van der Waals surface area contributed by atoms with Crippen LogP contribution in [0.25, 0.3) is 0 Å². The van der Waals surface area contributed by atoms with E-state index in [9.17, 15) is 0 Å². The Kier molecular flexibility index (Phi) is 4.26. The predicted molar refractivity (Wildman–Crippen MR) is 85.0 cm³/mol. The minimum atomic E-state index is -1.63. The molecule has 19 heavy (non-hydrogen) atoms. The predicted octanol–water partition coefficient (Wildman–Crippen LogP) is 4.61. The molecule has 0 amide bonds. The van der Waals surface area contributed by atoms with E-state index < -0.39 is 8.32 Å². The molecule has 1 heterocycles. The Labute approximate surface area is 125 Å². The maximum atomic E-state index is 6.44. The van der Waals surface area contributed by atoms with Crippen molar-refractivity contribution in [3.05, 3.63) is 33.3 Å². The van der Waals surface area contributed by atoms with Gasteiger partial charge < -0.3 is 9.16 Å². The molecule has 1 aromatic rings. The van der Waals surface area contributed by atoms with E-state index in [1.807, 2.05) is 0 Å². The third-order valence-corrected chi connectivity index (χ3v) is 4.93. The molecule has 2 rings (SSSR count). The number of fused-ring (bicyclic) bond motifs is 1. The monoisotopic (exact) mass is 342 g/mol. The van der Waals surface area contributed by atoms with Crippen LogP contribution in [0.2, 0.25) is 19.6 Å². The number of hydrogen-bond acceptors (Lipinski definition) is 2. The van der Waals surface area contributed by atoms with Crippen LogP contribution in [0.1, 0.15) is 30.5 Å². The fourth-order valence-corrected chi connectivity index (χ4v) is 4.86. The first-order valence-corrected chi connectivity index (χ1v) is 11.0. The van der Waals surface area contributed by atoms with Crippen LogP contribution in [-0.2, 0) is 27.8 Å². The van der Waals surface area contributed by atoms with Crippen LogP contribution in [0.15, 0.2) is 16.6 Å². The maximum Gasteiger partial charge on any atom is 0.185 e. The van der Waals surface area contributed by atoms with Gasteiger partial charge in [0.15, 0.2) is 8.32 Å².